The van der Waals surface area contributed by atoms with Crippen molar-refractivity contribution >= 4 is 29.2 Å². The molecule has 1 aromatic rings. The second kappa shape index (κ2) is 3.20. The number of nitrogens with two attached hydrogens (primary N) is 1. The Morgan fingerprint density at radius 2 is 2.20 bits per heavy atom. The summed E-state index contributed by atoms with van der Waals surface area (Å²) in [5, 5.41) is 0.307. The van der Waals surface area contributed by atoms with Crippen LogP contribution in [0.3, 0.4) is 0 Å². The van der Waals surface area contributed by atoms with Crippen molar-refractivity contribution in [3.05, 3.63) is 28.8 Å². The van der Waals surface area contributed by atoms with Crippen molar-refractivity contribution in [1.29, 1.82) is 0 Å². The molecule has 0 fully saturated rings. The third-order valence-corrected chi connectivity index (χ3v) is 2.40. The Morgan fingerprint density at radius 1 is 1.53 bits per heavy atom. The number of fused-ring (bicyclic) bond motifs is 1. The summed E-state index contributed by atoms with van der Waals surface area (Å²) in [5.41, 5.74) is 5.20. The quantitative estimate of drug-likeness (QED) is 0.736. The zero-order chi connectivity index (χ0) is 11.2. The van der Waals surface area contributed by atoms with Crippen molar-refractivity contribution < 1.29 is 14.0 Å². The second-order valence-electron chi connectivity index (χ2n) is 3.08. The highest BCUT2D eigenvalue weighted by molar-refractivity contribution is 6.31. The van der Waals surface area contributed by atoms with Gasteiger partial charge >= 0.3 is 6.03 Å². The average Bonchev–Trinajstić information content (AvgIpc) is 2.39. The lowest BCUT2D eigenvalue weighted by Crippen LogP contribution is -2.38. The number of carbonyl (C=O) groups is 2. The molecule has 0 saturated carbocycles. The van der Waals surface area contributed by atoms with Crippen LogP contribution < -0.4 is 10.6 Å². The molecule has 1 aliphatic rings. The van der Waals surface area contributed by atoms with Gasteiger partial charge in [-0.2, -0.15) is 0 Å². The van der Waals surface area contributed by atoms with Crippen LogP contribution in [0, 0.1) is 0 Å². The third kappa shape index (κ3) is 1.35. The van der Waals surface area contributed by atoms with Gasteiger partial charge in [-0.1, -0.05) is 17.7 Å². The number of nitrogens with zero attached hydrogens (tertiary/aromatic N) is 1. The zero-order valence-corrected chi connectivity index (χ0v) is 8.16. The molecule has 0 aliphatic carbocycles. The van der Waals surface area contributed by atoms with Gasteiger partial charge in [-0.3, -0.25) is 4.79 Å². The summed E-state index contributed by atoms with van der Waals surface area (Å²) in [7, 11) is 0. The molecule has 1 atom stereocenters. The molecule has 0 spiro atoms. The Bertz CT molecular complexity index is 463. The molecule has 0 aromatic heterocycles. The first-order valence-corrected chi connectivity index (χ1v) is 4.47. The van der Waals surface area contributed by atoms with Gasteiger partial charge in [-0.15, -0.1) is 0 Å². The van der Waals surface area contributed by atoms with Crippen LogP contribution in [-0.2, 0) is 4.79 Å². The number of hydrogen-bond donors (Lipinski definition) is 1. The Labute approximate surface area is 89.4 Å². The van der Waals surface area contributed by atoms with Gasteiger partial charge in [0.15, 0.2) is 0 Å². The highest BCUT2D eigenvalue weighted by Crippen LogP contribution is 2.39. The van der Waals surface area contributed by atoms with Crippen molar-refractivity contribution in [2.45, 2.75) is 6.17 Å². The maximum absolute atomic E-state index is 13.4. The van der Waals surface area contributed by atoms with E-state index in [-0.39, 0.29) is 11.3 Å². The summed E-state index contributed by atoms with van der Waals surface area (Å²) in [6.45, 7) is 0. The van der Waals surface area contributed by atoms with Crippen molar-refractivity contribution in [3.63, 3.8) is 0 Å². The standard InChI is InChI=1S/C9H6ClFN2O2/c10-4-1-2-5-6(3-4)13(9(12)15)8(14)7(5)11/h1-3,7H,(H2,12,15). The molecule has 0 bridgehead atoms. The summed E-state index contributed by atoms with van der Waals surface area (Å²) >= 11 is 5.68. The fourth-order valence-electron chi connectivity index (χ4n) is 1.52. The number of urea groups is 1. The van der Waals surface area contributed by atoms with Gasteiger partial charge in [0, 0.05) is 10.6 Å². The highest BCUT2D eigenvalue weighted by atomic mass is 35.5. The zero-order valence-electron chi connectivity index (χ0n) is 7.41. The van der Waals surface area contributed by atoms with Crippen molar-refractivity contribution in [3.8, 4) is 0 Å². The number of hydrogen-bond acceptors (Lipinski definition) is 2. The summed E-state index contributed by atoms with van der Waals surface area (Å²) in [6.07, 6.45) is -1.84. The second-order valence-corrected chi connectivity index (χ2v) is 3.51. The van der Waals surface area contributed by atoms with Gasteiger partial charge < -0.3 is 5.73 Å². The number of primary amides is 1. The first-order valence-electron chi connectivity index (χ1n) is 4.09. The normalized spacial score (nSPS) is 19.2. The van der Waals surface area contributed by atoms with Crippen molar-refractivity contribution in [2.24, 2.45) is 5.73 Å². The van der Waals surface area contributed by atoms with Crippen LogP contribution in [0.4, 0.5) is 14.9 Å². The summed E-state index contributed by atoms with van der Waals surface area (Å²) < 4.78 is 13.4. The van der Waals surface area contributed by atoms with E-state index in [1.807, 2.05) is 0 Å². The van der Waals surface area contributed by atoms with Gasteiger partial charge in [0.05, 0.1) is 5.69 Å². The van der Waals surface area contributed by atoms with Gasteiger partial charge in [-0.25, -0.2) is 14.1 Å². The Kier molecular flexibility index (Phi) is 2.12. The molecular weight excluding hydrogens is 223 g/mol. The van der Waals surface area contributed by atoms with Gasteiger partial charge in [0.25, 0.3) is 5.91 Å². The molecule has 1 aromatic carbocycles. The highest BCUT2D eigenvalue weighted by Gasteiger charge is 2.40. The predicted octanol–water partition coefficient (Wildman–Crippen LogP) is 1.78. The molecule has 78 valence electrons. The number of imide groups is 1. The molecule has 2 N–H and O–H groups in total. The summed E-state index contributed by atoms with van der Waals surface area (Å²) in [4.78, 5) is 22.9. The predicted molar refractivity (Wildman–Crippen MR) is 52.4 cm³/mol. The molecule has 15 heavy (non-hydrogen) atoms. The van der Waals surface area contributed by atoms with Crippen LogP contribution in [0.5, 0.6) is 0 Å². The molecule has 0 radical (unpaired) electrons. The van der Waals surface area contributed by atoms with Crippen LogP contribution in [0.1, 0.15) is 11.7 Å². The van der Waals surface area contributed by atoms with E-state index in [2.05, 4.69) is 0 Å². The minimum Gasteiger partial charge on any atom is -0.351 e. The topological polar surface area (TPSA) is 63.4 Å². The lowest BCUT2D eigenvalue weighted by atomic mass is 10.1. The molecule has 1 heterocycles. The van der Waals surface area contributed by atoms with Crippen molar-refractivity contribution in [1.82, 2.24) is 0 Å². The number of rotatable bonds is 0. The maximum Gasteiger partial charge on any atom is 0.326 e. The fourth-order valence-corrected chi connectivity index (χ4v) is 1.68. The molecule has 6 heteroatoms. The van der Waals surface area contributed by atoms with Crippen LogP contribution >= 0.6 is 11.6 Å². The SMILES string of the molecule is NC(=O)N1C(=O)C(F)c2ccc(Cl)cc21. The number of alkyl halides is 1. The number of carbonyl (C=O) groups excluding carboxylic acids is 2. The van der Waals surface area contributed by atoms with E-state index in [1.54, 1.807) is 0 Å². The van der Waals surface area contributed by atoms with E-state index in [1.165, 1.54) is 18.2 Å². The third-order valence-electron chi connectivity index (χ3n) is 2.16. The molecule has 0 saturated heterocycles. The van der Waals surface area contributed by atoms with Crippen LogP contribution in [0.15, 0.2) is 18.2 Å². The number of benzene rings is 1. The van der Waals surface area contributed by atoms with E-state index in [9.17, 15) is 14.0 Å². The van der Waals surface area contributed by atoms with Crippen LogP contribution in [0.25, 0.3) is 0 Å². The van der Waals surface area contributed by atoms with E-state index >= 15 is 0 Å². The van der Waals surface area contributed by atoms with Crippen LogP contribution in [-0.4, -0.2) is 11.9 Å². The fraction of sp³-hybridized carbons (Fsp3) is 0.111. The first-order chi connectivity index (χ1) is 7.02. The van der Waals surface area contributed by atoms with Crippen LogP contribution in [0.2, 0.25) is 5.02 Å². The first kappa shape index (κ1) is 9.92. The maximum atomic E-state index is 13.4. The minimum atomic E-state index is -1.84. The van der Waals surface area contributed by atoms with E-state index in [4.69, 9.17) is 17.3 Å². The Balaban J connectivity index is 2.61. The monoisotopic (exact) mass is 228 g/mol. The summed E-state index contributed by atoms with van der Waals surface area (Å²) in [6, 6.07) is 3.14. The van der Waals surface area contributed by atoms with Gasteiger partial charge in [0.2, 0.25) is 6.17 Å². The molecule has 2 rings (SSSR count). The number of amides is 3. The molecular formula is C9H6ClFN2O2. The molecule has 3 amide bonds. The lowest BCUT2D eigenvalue weighted by molar-refractivity contribution is -0.121. The molecule has 4 nitrogen and oxygen atoms in total. The Hall–Kier alpha value is -1.62. The smallest absolute Gasteiger partial charge is 0.326 e. The average molecular weight is 229 g/mol. The lowest BCUT2D eigenvalue weighted by Gasteiger charge is -2.11. The van der Waals surface area contributed by atoms with E-state index in [0.717, 1.165) is 0 Å². The number of halogens is 2. The van der Waals surface area contributed by atoms with Crippen molar-refractivity contribution in [2.75, 3.05) is 4.90 Å². The minimum absolute atomic E-state index is 0.114. The van der Waals surface area contributed by atoms with E-state index < -0.39 is 18.1 Å². The molecule has 1 aliphatic heterocycles. The Morgan fingerprint density at radius 3 is 2.80 bits per heavy atom. The van der Waals surface area contributed by atoms with Gasteiger partial charge in [0.1, 0.15) is 0 Å². The largest absolute Gasteiger partial charge is 0.351 e. The van der Waals surface area contributed by atoms with E-state index in [0.29, 0.717) is 9.92 Å². The number of anilines is 1. The van der Waals surface area contributed by atoms with Gasteiger partial charge in [-0.05, 0) is 12.1 Å². The molecule has 1 unspecified atom stereocenters. The summed E-state index contributed by atoms with van der Waals surface area (Å²) in [5.74, 6) is -0.972.